The van der Waals surface area contributed by atoms with Gasteiger partial charge in [0, 0.05) is 12.6 Å². The van der Waals surface area contributed by atoms with Gasteiger partial charge in [-0.25, -0.2) is 13.2 Å². The van der Waals surface area contributed by atoms with Gasteiger partial charge in [-0.3, -0.25) is 4.57 Å². The number of hydrogen-bond acceptors (Lipinski definition) is 4. The normalized spacial score (nSPS) is 11.9. The number of nitrogens with one attached hydrogen (secondary N) is 1. The summed E-state index contributed by atoms with van der Waals surface area (Å²) in [4.78, 5) is 12.0. The lowest BCUT2D eigenvalue weighted by Crippen LogP contribution is -2.29. The van der Waals surface area contributed by atoms with E-state index in [0.29, 0.717) is 12.1 Å². The van der Waals surface area contributed by atoms with Crippen LogP contribution in [0.1, 0.15) is 24.1 Å². The van der Waals surface area contributed by atoms with Gasteiger partial charge in [0.2, 0.25) is 10.0 Å². The lowest BCUT2D eigenvalue weighted by molar-refractivity contribution is 0.512. The van der Waals surface area contributed by atoms with Gasteiger partial charge >= 0.3 is 5.76 Å². The molecular formula is C22H20N2O4S. The topological polar surface area (TPSA) is 81.3 Å². The Morgan fingerprint density at radius 2 is 1.52 bits per heavy atom. The van der Waals surface area contributed by atoms with Crippen LogP contribution in [0.2, 0.25) is 0 Å². The van der Waals surface area contributed by atoms with E-state index in [1.807, 2.05) is 67.6 Å². The first kappa shape index (κ1) is 19.2. The van der Waals surface area contributed by atoms with Crippen LogP contribution in [-0.4, -0.2) is 13.0 Å². The minimum Gasteiger partial charge on any atom is -0.408 e. The van der Waals surface area contributed by atoms with Gasteiger partial charge in [0.25, 0.3) is 0 Å². The smallest absolute Gasteiger partial charge is 0.408 e. The fourth-order valence-electron chi connectivity index (χ4n) is 3.36. The molecule has 0 amide bonds. The Labute approximate surface area is 168 Å². The Morgan fingerprint density at radius 1 is 0.931 bits per heavy atom. The van der Waals surface area contributed by atoms with E-state index in [4.69, 9.17) is 4.42 Å². The first-order valence-electron chi connectivity index (χ1n) is 9.25. The van der Waals surface area contributed by atoms with E-state index in [-0.39, 0.29) is 10.5 Å². The van der Waals surface area contributed by atoms with Gasteiger partial charge in [0.05, 0.1) is 16.5 Å². The van der Waals surface area contributed by atoms with Crippen molar-refractivity contribution in [3.05, 3.63) is 101 Å². The highest BCUT2D eigenvalue weighted by molar-refractivity contribution is 7.89. The third-order valence-electron chi connectivity index (χ3n) is 4.81. The van der Waals surface area contributed by atoms with E-state index < -0.39 is 21.8 Å². The molecule has 0 saturated heterocycles. The van der Waals surface area contributed by atoms with Crippen LogP contribution in [0, 0.1) is 0 Å². The summed E-state index contributed by atoms with van der Waals surface area (Å²) in [6.45, 7) is 2.27. The number of aromatic nitrogens is 1. The summed E-state index contributed by atoms with van der Waals surface area (Å²) in [6, 6.07) is 22.7. The molecule has 7 heteroatoms. The molecule has 4 aromatic rings. The standard InChI is InChI=1S/C22H20N2O4S/c1-2-24-19-14-13-18(15-20(19)28-22(24)25)29(26,27)23-21(16-9-5-3-6-10-16)17-11-7-4-8-12-17/h3-15,21,23H,2H2,1H3. The van der Waals surface area contributed by atoms with Crippen LogP contribution < -0.4 is 10.5 Å². The second-order valence-electron chi connectivity index (χ2n) is 6.62. The summed E-state index contributed by atoms with van der Waals surface area (Å²) in [5.74, 6) is -0.503. The van der Waals surface area contributed by atoms with E-state index >= 15 is 0 Å². The van der Waals surface area contributed by atoms with Crippen molar-refractivity contribution in [3.8, 4) is 0 Å². The molecule has 1 N–H and O–H groups in total. The summed E-state index contributed by atoms with van der Waals surface area (Å²) >= 11 is 0. The Hall–Kier alpha value is -3.16. The molecule has 148 valence electrons. The van der Waals surface area contributed by atoms with E-state index in [9.17, 15) is 13.2 Å². The number of nitrogens with zero attached hydrogens (tertiary/aromatic N) is 1. The van der Waals surface area contributed by atoms with Crippen molar-refractivity contribution in [2.45, 2.75) is 24.4 Å². The van der Waals surface area contributed by atoms with Crippen molar-refractivity contribution in [2.75, 3.05) is 0 Å². The van der Waals surface area contributed by atoms with Gasteiger partial charge in [-0.1, -0.05) is 60.7 Å². The zero-order valence-electron chi connectivity index (χ0n) is 15.8. The predicted octanol–water partition coefficient (Wildman–Crippen LogP) is 3.68. The summed E-state index contributed by atoms with van der Waals surface area (Å²) in [7, 11) is -3.88. The Bertz CT molecular complexity index is 1250. The fourth-order valence-corrected chi connectivity index (χ4v) is 4.58. The zero-order chi connectivity index (χ0) is 20.4. The third kappa shape index (κ3) is 3.74. The highest BCUT2D eigenvalue weighted by Crippen LogP contribution is 2.25. The molecule has 0 aliphatic rings. The molecule has 0 fully saturated rings. The molecule has 0 unspecified atom stereocenters. The van der Waals surface area contributed by atoms with Gasteiger partial charge < -0.3 is 4.42 Å². The van der Waals surface area contributed by atoms with Crippen LogP contribution in [0.4, 0.5) is 0 Å². The van der Waals surface area contributed by atoms with Crippen molar-refractivity contribution in [2.24, 2.45) is 0 Å². The summed E-state index contributed by atoms with van der Waals surface area (Å²) < 4.78 is 35.8. The summed E-state index contributed by atoms with van der Waals surface area (Å²) in [5.41, 5.74) is 2.47. The lowest BCUT2D eigenvalue weighted by Gasteiger charge is -2.20. The average Bonchev–Trinajstić information content (AvgIpc) is 3.07. The first-order valence-corrected chi connectivity index (χ1v) is 10.7. The molecule has 0 radical (unpaired) electrons. The quantitative estimate of drug-likeness (QED) is 0.528. The first-order chi connectivity index (χ1) is 14.0. The number of rotatable bonds is 6. The number of oxazole rings is 1. The monoisotopic (exact) mass is 408 g/mol. The van der Waals surface area contributed by atoms with E-state index in [2.05, 4.69) is 4.72 Å². The minimum absolute atomic E-state index is 0.0406. The summed E-state index contributed by atoms with van der Waals surface area (Å²) in [5, 5.41) is 0. The second kappa shape index (κ2) is 7.69. The van der Waals surface area contributed by atoms with Gasteiger partial charge in [-0.15, -0.1) is 0 Å². The van der Waals surface area contributed by atoms with Gasteiger partial charge in [-0.05, 0) is 30.2 Å². The molecule has 0 saturated carbocycles. The Morgan fingerprint density at radius 3 is 2.07 bits per heavy atom. The highest BCUT2D eigenvalue weighted by Gasteiger charge is 2.24. The average molecular weight is 408 g/mol. The number of benzene rings is 3. The van der Waals surface area contributed by atoms with Crippen molar-refractivity contribution in [3.63, 3.8) is 0 Å². The molecule has 6 nitrogen and oxygen atoms in total. The molecule has 0 spiro atoms. The number of hydrogen-bond donors (Lipinski definition) is 1. The highest BCUT2D eigenvalue weighted by atomic mass is 32.2. The molecule has 0 aliphatic carbocycles. The minimum atomic E-state index is -3.88. The molecule has 0 atom stereocenters. The van der Waals surface area contributed by atoms with Crippen LogP contribution in [0.25, 0.3) is 11.1 Å². The Balaban J connectivity index is 1.76. The summed E-state index contributed by atoms with van der Waals surface area (Å²) in [6.07, 6.45) is 0. The molecule has 1 aromatic heterocycles. The lowest BCUT2D eigenvalue weighted by atomic mass is 10.00. The number of sulfonamides is 1. The van der Waals surface area contributed by atoms with Crippen LogP contribution in [0.3, 0.4) is 0 Å². The predicted molar refractivity (Wildman–Crippen MR) is 111 cm³/mol. The maximum atomic E-state index is 13.2. The number of fused-ring (bicyclic) bond motifs is 1. The molecule has 3 aromatic carbocycles. The van der Waals surface area contributed by atoms with Crippen molar-refractivity contribution in [1.82, 2.24) is 9.29 Å². The number of aryl methyl sites for hydroxylation is 1. The SMILES string of the molecule is CCn1c(=O)oc2cc(S(=O)(=O)NC(c3ccccc3)c3ccccc3)ccc21. The molecule has 29 heavy (non-hydrogen) atoms. The second-order valence-corrected chi connectivity index (χ2v) is 8.33. The van der Waals surface area contributed by atoms with Crippen molar-refractivity contribution >= 4 is 21.1 Å². The van der Waals surface area contributed by atoms with Crippen molar-refractivity contribution in [1.29, 1.82) is 0 Å². The molecular weight excluding hydrogens is 388 g/mol. The maximum Gasteiger partial charge on any atom is 0.419 e. The Kier molecular flexibility index (Phi) is 5.08. The maximum absolute atomic E-state index is 13.2. The molecule has 0 aliphatic heterocycles. The van der Waals surface area contributed by atoms with Gasteiger partial charge in [0.1, 0.15) is 0 Å². The van der Waals surface area contributed by atoms with Crippen LogP contribution in [0.5, 0.6) is 0 Å². The third-order valence-corrected chi connectivity index (χ3v) is 6.23. The van der Waals surface area contributed by atoms with E-state index in [1.54, 1.807) is 6.07 Å². The largest absolute Gasteiger partial charge is 0.419 e. The van der Waals surface area contributed by atoms with Crippen molar-refractivity contribution < 1.29 is 12.8 Å². The van der Waals surface area contributed by atoms with E-state index in [1.165, 1.54) is 16.7 Å². The fraction of sp³-hybridized carbons (Fsp3) is 0.136. The van der Waals surface area contributed by atoms with Crippen LogP contribution >= 0.6 is 0 Å². The zero-order valence-corrected chi connectivity index (χ0v) is 16.6. The molecule has 1 heterocycles. The van der Waals surface area contributed by atoms with Gasteiger partial charge in [0.15, 0.2) is 5.58 Å². The van der Waals surface area contributed by atoms with Gasteiger partial charge in [-0.2, -0.15) is 4.72 Å². The molecule has 0 bridgehead atoms. The van der Waals surface area contributed by atoms with Crippen LogP contribution in [-0.2, 0) is 16.6 Å². The van der Waals surface area contributed by atoms with E-state index in [0.717, 1.165) is 11.1 Å². The van der Waals surface area contributed by atoms with Crippen LogP contribution in [0.15, 0.2) is 93.0 Å². The molecule has 4 rings (SSSR count).